The molecule has 0 bridgehead atoms. The van der Waals surface area contributed by atoms with Gasteiger partial charge in [0, 0.05) is 14.2 Å². The van der Waals surface area contributed by atoms with Crippen LogP contribution in [0.4, 0.5) is 0 Å². The summed E-state index contributed by atoms with van der Waals surface area (Å²) in [6, 6.07) is 10.4. The Morgan fingerprint density at radius 2 is 1.75 bits per heavy atom. The SMILES string of the molecule is CCCSC(c1ccccc1)C(OC)OC. The average molecular weight is 240 g/mol. The van der Waals surface area contributed by atoms with Crippen molar-refractivity contribution in [3.05, 3.63) is 35.9 Å². The first-order valence-corrected chi connectivity index (χ1v) is 6.60. The summed E-state index contributed by atoms with van der Waals surface area (Å²) in [4.78, 5) is 0. The number of ether oxygens (including phenoxy) is 2. The Balaban J connectivity index is 2.78. The summed E-state index contributed by atoms with van der Waals surface area (Å²) in [5, 5.41) is 0.246. The van der Waals surface area contributed by atoms with E-state index in [1.54, 1.807) is 14.2 Å². The first kappa shape index (κ1) is 13.6. The van der Waals surface area contributed by atoms with Gasteiger partial charge < -0.3 is 9.47 Å². The van der Waals surface area contributed by atoms with Crippen LogP contribution in [-0.4, -0.2) is 26.3 Å². The normalized spacial score (nSPS) is 13.0. The Bertz CT molecular complexity index is 273. The van der Waals surface area contributed by atoms with Gasteiger partial charge >= 0.3 is 0 Å². The zero-order valence-electron chi connectivity index (χ0n) is 10.2. The highest BCUT2D eigenvalue weighted by Gasteiger charge is 2.22. The van der Waals surface area contributed by atoms with Crippen molar-refractivity contribution in [2.24, 2.45) is 0 Å². The Morgan fingerprint density at radius 3 is 2.25 bits per heavy atom. The van der Waals surface area contributed by atoms with Gasteiger partial charge in [0.2, 0.25) is 0 Å². The van der Waals surface area contributed by atoms with E-state index in [9.17, 15) is 0 Å². The first-order valence-electron chi connectivity index (χ1n) is 5.55. The van der Waals surface area contributed by atoms with E-state index in [0.717, 1.165) is 12.2 Å². The molecule has 1 aromatic rings. The maximum atomic E-state index is 5.37. The van der Waals surface area contributed by atoms with E-state index < -0.39 is 0 Å². The minimum Gasteiger partial charge on any atom is -0.354 e. The molecular formula is C13H20O2S. The summed E-state index contributed by atoms with van der Waals surface area (Å²) in [6.45, 7) is 2.18. The van der Waals surface area contributed by atoms with Crippen LogP contribution in [-0.2, 0) is 9.47 Å². The van der Waals surface area contributed by atoms with Crippen LogP contribution in [0, 0.1) is 0 Å². The molecule has 0 radical (unpaired) electrons. The van der Waals surface area contributed by atoms with Gasteiger partial charge in [-0.1, -0.05) is 37.3 Å². The van der Waals surface area contributed by atoms with Gasteiger partial charge in [0.25, 0.3) is 0 Å². The molecule has 0 amide bonds. The largest absolute Gasteiger partial charge is 0.354 e. The maximum absolute atomic E-state index is 5.37. The van der Waals surface area contributed by atoms with E-state index in [2.05, 4.69) is 31.2 Å². The third kappa shape index (κ3) is 3.81. The van der Waals surface area contributed by atoms with Crippen LogP contribution in [0.25, 0.3) is 0 Å². The fourth-order valence-corrected chi connectivity index (χ4v) is 2.78. The monoisotopic (exact) mass is 240 g/mol. The molecule has 0 N–H and O–H groups in total. The molecular weight excluding hydrogens is 220 g/mol. The van der Waals surface area contributed by atoms with Gasteiger partial charge in [0.05, 0.1) is 5.25 Å². The Labute approximate surface area is 102 Å². The van der Waals surface area contributed by atoms with Crippen LogP contribution in [0.5, 0.6) is 0 Å². The smallest absolute Gasteiger partial charge is 0.172 e. The summed E-state index contributed by atoms with van der Waals surface area (Å²) in [6.07, 6.45) is 0.979. The van der Waals surface area contributed by atoms with Crippen molar-refractivity contribution in [1.82, 2.24) is 0 Å². The second kappa shape index (κ2) is 7.71. The molecule has 1 aromatic carbocycles. The predicted octanol–water partition coefficient (Wildman–Crippen LogP) is 3.49. The van der Waals surface area contributed by atoms with Crippen molar-refractivity contribution >= 4 is 11.8 Å². The zero-order valence-corrected chi connectivity index (χ0v) is 11.0. The Kier molecular flexibility index (Phi) is 6.53. The lowest BCUT2D eigenvalue weighted by molar-refractivity contribution is -0.102. The van der Waals surface area contributed by atoms with Crippen molar-refractivity contribution in [3.63, 3.8) is 0 Å². The fourth-order valence-electron chi connectivity index (χ4n) is 1.56. The molecule has 90 valence electrons. The third-order valence-corrected chi connectivity index (χ3v) is 3.84. The molecule has 0 aliphatic heterocycles. The molecule has 0 fully saturated rings. The molecule has 3 heteroatoms. The lowest BCUT2D eigenvalue weighted by Crippen LogP contribution is -2.21. The summed E-state index contributed by atoms with van der Waals surface area (Å²) in [5.74, 6) is 1.11. The molecule has 0 aromatic heterocycles. The van der Waals surface area contributed by atoms with Gasteiger partial charge in [-0.2, -0.15) is 0 Å². The summed E-state index contributed by atoms with van der Waals surface area (Å²) in [7, 11) is 3.38. The summed E-state index contributed by atoms with van der Waals surface area (Å²) < 4.78 is 10.7. The highest BCUT2D eigenvalue weighted by molar-refractivity contribution is 7.99. The van der Waals surface area contributed by atoms with Crippen molar-refractivity contribution in [1.29, 1.82) is 0 Å². The molecule has 0 aliphatic rings. The minimum atomic E-state index is -0.182. The topological polar surface area (TPSA) is 18.5 Å². The van der Waals surface area contributed by atoms with Gasteiger partial charge in [-0.15, -0.1) is 11.8 Å². The van der Waals surface area contributed by atoms with Crippen molar-refractivity contribution in [2.45, 2.75) is 24.9 Å². The van der Waals surface area contributed by atoms with Gasteiger partial charge in [-0.05, 0) is 17.7 Å². The molecule has 0 saturated heterocycles. The molecule has 1 atom stereocenters. The van der Waals surface area contributed by atoms with E-state index in [4.69, 9.17) is 9.47 Å². The van der Waals surface area contributed by atoms with E-state index in [-0.39, 0.29) is 11.5 Å². The molecule has 0 heterocycles. The van der Waals surface area contributed by atoms with E-state index in [1.807, 2.05) is 17.8 Å². The molecule has 1 rings (SSSR count). The van der Waals surface area contributed by atoms with Crippen molar-refractivity contribution in [2.75, 3.05) is 20.0 Å². The predicted molar refractivity (Wildman–Crippen MR) is 69.7 cm³/mol. The van der Waals surface area contributed by atoms with Crippen molar-refractivity contribution < 1.29 is 9.47 Å². The summed E-state index contributed by atoms with van der Waals surface area (Å²) >= 11 is 1.88. The first-order chi connectivity index (χ1) is 7.83. The third-order valence-electron chi connectivity index (χ3n) is 2.34. The average Bonchev–Trinajstić information content (AvgIpc) is 2.35. The minimum absolute atomic E-state index is 0.182. The van der Waals surface area contributed by atoms with Gasteiger partial charge in [0.1, 0.15) is 0 Å². The zero-order chi connectivity index (χ0) is 11.8. The fraction of sp³-hybridized carbons (Fsp3) is 0.538. The number of hydrogen-bond donors (Lipinski definition) is 0. The van der Waals surface area contributed by atoms with E-state index in [1.165, 1.54) is 5.56 Å². The Hall–Kier alpha value is -0.510. The molecule has 0 spiro atoms. The van der Waals surface area contributed by atoms with Gasteiger partial charge in [0.15, 0.2) is 6.29 Å². The highest BCUT2D eigenvalue weighted by Crippen LogP contribution is 2.34. The lowest BCUT2D eigenvalue weighted by Gasteiger charge is -2.24. The number of hydrogen-bond acceptors (Lipinski definition) is 3. The highest BCUT2D eigenvalue weighted by atomic mass is 32.2. The van der Waals surface area contributed by atoms with Crippen LogP contribution in [0.3, 0.4) is 0 Å². The summed E-state index contributed by atoms with van der Waals surface area (Å²) in [5.41, 5.74) is 1.26. The second-order valence-corrected chi connectivity index (χ2v) is 4.79. The molecule has 16 heavy (non-hydrogen) atoms. The standard InChI is InChI=1S/C13H20O2S/c1-4-10-16-12(13(14-2)15-3)11-8-6-5-7-9-11/h5-9,12-13H,4,10H2,1-3H3. The molecule has 0 aliphatic carbocycles. The molecule has 0 saturated carbocycles. The maximum Gasteiger partial charge on any atom is 0.172 e. The quantitative estimate of drug-likeness (QED) is 0.680. The second-order valence-electron chi connectivity index (χ2n) is 3.54. The number of thioether (sulfide) groups is 1. The van der Waals surface area contributed by atoms with Gasteiger partial charge in [-0.3, -0.25) is 0 Å². The number of methoxy groups -OCH3 is 2. The van der Waals surface area contributed by atoms with Crippen LogP contribution >= 0.6 is 11.8 Å². The number of benzene rings is 1. The van der Waals surface area contributed by atoms with Crippen LogP contribution < -0.4 is 0 Å². The van der Waals surface area contributed by atoms with Crippen molar-refractivity contribution in [3.8, 4) is 0 Å². The number of rotatable bonds is 7. The van der Waals surface area contributed by atoms with Crippen LogP contribution in [0.1, 0.15) is 24.2 Å². The van der Waals surface area contributed by atoms with Crippen LogP contribution in [0.2, 0.25) is 0 Å². The molecule has 1 unspecified atom stereocenters. The molecule has 2 nitrogen and oxygen atoms in total. The van der Waals surface area contributed by atoms with Gasteiger partial charge in [-0.25, -0.2) is 0 Å². The van der Waals surface area contributed by atoms with E-state index >= 15 is 0 Å². The van der Waals surface area contributed by atoms with E-state index in [0.29, 0.717) is 0 Å². The Morgan fingerprint density at radius 1 is 1.12 bits per heavy atom. The van der Waals surface area contributed by atoms with Crippen LogP contribution in [0.15, 0.2) is 30.3 Å². The lowest BCUT2D eigenvalue weighted by atomic mass is 10.1.